The Balaban J connectivity index is 1.73. The lowest BCUT2D eigenvalue weighted by atomic mass is 10.1. The smallest absolute Gasteiger partial charge is 0.265 e. The highest BCUT2D eigenvalue weighted by Gasteiger charge is 2.16. The van der Waals surface area contributed by atoms with Crippen LogP contribution in [0.25, 0.3) is 10.8 Å². The molecule has 1 N–H and O–H groups in total. The van der Waals surface area contributed by atoms with Crippen LogP contribution in [-0.2, 0) is 4.79 Å². The molecular formula is C19H16ClNO2. The van der Waals surface area contributed by atoms with E-state index in [1.54, 1.807) is 31.2 Å². The highest BCUT2D eigenvalue weighted by Crippen LogP contribution is 2.26. The zero-order valence-electron chi connectivity index (χ0n) is 12.6. The van der Waals surface area contributed by atoms with E-state index in [0.29, 0.717) is 16.5 Å². The lowest BCUT2D eigenvalue weighted by Crippen LogP contribution is -2.30. The Labute approximate surface area is 139 Å². The van der Waals surface area contributed by atoms with Crippen LogP contribution < -0.4 is 10.1 Å². The summed E-state index contributed by atoms with van der Waals surface area (Å²) in [4.78, 5) is 12.3. The van der Waals surface area contributed by atoms with Crippen molar-refractivity contribution in [2.24, 2.45) is 0 Å². The van der Waals surface area contributed by atoms with Crippen LogP contribution in [0.1, 0.15) is 6.92 Å². The quantitative estimate of drug-likeness (QED) is 0.741. The monoisotopic (exact) mass is 325 g/mol. The first-order chi connectivity index (χ1) is 11.1. The lowest BCUT2D eigenvalue weighted by molar-refractivity contribution is -0.122. The minimum Gasteiger partial charge on any atom is -0.480 e. The highest BCUT2D eigenvalue weighted by molar-refractivity contribution is 6.30. The zero-order valence-corrected chi connectivity index (χ0v) is 13.4. The number of anilines is 1. The SMILES string of the molecule is C[C@@H](Oc1cccc2ccccc12)C(=O)Nc1ccc(Cl)cc1. The van der Waals surface area contributed by atoms with Gasteiger partial charge in [0, 0.05) is 16.1 Å². The molecule has 0 spiro atoms. The maximum Gasteiger partial charge on any atom is 0.265 e. The van der Waals surface area contributed by atoms with Gasteiger partial charge < -0.3 is 10.1 Å². The van der Waals surface area contributed by atoms with Crippen molar-refractivity contribution < 1.29 is 9.53 Å². The largest absolute Gasteiger partial charge is 0.480 e. The predicted octanol–water partition coefficient (Wildman–Crippen LogP) is 4.90. The molecular weight excluding hydrogens is 310 g/mol. The van der Waals surface area contributed by atoms with E-state index in [1.807, 2.05) is 42.5 Å². The van der Waals surface area contributed by atoms with E-state index in [9.17, 15) is 4.79 Å². The third-order valence-corrected chi connectivity index (χ3v) is 3.79. The topological polar surface area (TPSA) is 38.3 Å². The van der Waals surface area contributed by atoms with Crippen LogP contribution in [0.5, 0.6) is 5.75 Å². The van der Waals surface area contributed by atoms with Gasteiger partial charge >= 0.3 is 0 Å². The number of benzene rings is 3. The van der Waals surface area contributed by atoms with E-state index in [1.165, 1.54) is 0 Å². The molecule has 3 aromatic carbocycles. The summed E-state index contributed by atoms with van der Waals surface area (Å²) in [5.41, 5.74) is 0.688. The Kier molecular flexibility index (Phi) is 4.49. The number of nitrogens with one attached hydrogen (secondary N) is 1. The van der Waals surface area contributed by atoms with Crippen molar-refractivity contribution in [3.05, 3.63) is 71.8 Å². The molecule has 0 fully saturated rings. The molecule has 3 nitrogen and oxygen atoms in total. The second-order valence-electron chi connectivity index (χ2n) is 5.23. The number of carbonyl (C=O) groups is 1. The molecule has 1 amide bonds. The average Bonchev–Trinajstić information content (AvgIpc) is 2.57. The fourth-order valence-electron chi connectivity index (χ4n) is 2.32. The van der Waals surface area contributed by atoms with Gasteiger partial charge in [-0.1, -0.05) is 48.0 Å². The molecule has 0 saturated carbocycles. The fourth-order valence-corrected chi connectivity index (χ4v) is 2.45. The predicted molar refractivity (Wildman–Crippen MR) is 94.1 cm³/mol. The molecule has 3 rings (SSSR count). The van der Waals surface area contributed by atoms with Crippen molar-refractivity contribution in [2.75, 3.05) is 5.32 Å². The van der Waals surface area contributed by atoms with Crippen molar-refractivity contribution in [1.29, 1.82) is 0 Å². The molecule has 116 valence electrons. The van der Waals surface area contributed by atoms with E-state index in [-0.39, 0.29) is 5.91 Å². The number of amides is 1. The van der Waals surface area contributed by atoms with Gasteiger partial charge in [-0.25, -0.2) is 0 Å². The number of rotatable bonds is 4. The lowest BCUT2D eigenvalue weighted by Gasteiger charge is -2.16. The molecule has 23 heavy (non-hydrogen) atoms. The van der Waals surface area contributed by atoms with Gasteiger partial charge in [0.2, 0.25) is 0 Å². The minimum absolute atomic E-state index is 0.208. The molecule has 0 aliphatic heterocycles. The summed E-state index contributed by atoms with van der Waals surface area (Å²) in [6.07, 6.45) is -0.614. The normalized spacial score (nSPS) is 11.9. The van der Waals surface area contributed by atoms with Gasteiger partial charge in [-0.2, -0.15) is 0 Å². The molecule has 3 aromatic rings. The molecule has 0 unspecified atom stereocenters. The standard InChI is InChI=1S/C19H16ClNO2/c1-13(19(22)21-16-11-9-15(20)10-12-16)23-18-8-4-6-14-5-2-3-7-17(14)18/h2-13H,1H3,(H,21,22)/t13-/m1/s1. The number of fused-ring (bicyclic) bond motifs is 1. The Morgan fingerprint density at radius 2 is 1.70 bits per heavy atom. The van der Waals surface area contributed by atoms with Crippen LogP contribution in [0.15, 0.2) is 66.7 Å². The van der Waals surface area contributed by atoms with Crippen molar-refractivity contribution in [2.45, 2.75) is 13.0 Å². The van der Waals surface area contributed by atoms with Crippen LogP contribution in [-0.4, -0.2) is 12.0 Å². The number of carbonyl (C=O) groups excluding carboxylic acids is 1. The van der Waals surface area contributed by atoms with Crippen molar-refractivity contribution in [3.63, 3.8) is 0 Å². The van der Waals surface area contributed by atoms with Crippen molar-refractivity contribution >= 4 is 34.0 Å². The molecule has 0 radical (unpaired) electrons. The van der Waals surface area contributed by atoms with E-state index >= 15 is 0 Å². The summed E-state index contributed by atoms with van der Waals surface area (Å²) in [6, 6.07) is 20.7. The Bertz CT molecular complexity index is 825. The molecule has 0 saturated heterocycles. The summed E-state index contributed by atoms with van der Waals surface area (Å²) in [7, 11) is 0. The first-order valence-electron chi connectivity index (χ1n) is 7.34. The van der Waals surface area contributed by atoms with Gasteiger partial charge in [0.15, 0.2) is 6.10 Å². The van der Waals surface area contributed by atoms with E-state index in [4.69, 9.17) is 16.3 Å². The van der Waals surface area contributed by atoms with Gasteiger partial charge in [0.05, 0.1) is 0 Å². The Morgan fingerprint density at radius 1 is 1.00 bits per heavy atom. The van der Waals surface area contributed by atoms with E-state index in [2.05, 4.69) is 5.32 Å². The van der Waals surface area contributed by atoms with Gasteiger partial charge in [0.25, 0.3) is 5.91 Å². The van der Waals surface area contributed by atoms with Crippen LogP contribution in [0, 0.1) is 0 Å². The van der Waals surface area contributed by atoms with Crippen molar-refractivity contribution in [1.82, 2.24) is 0 Å². The van der Waals surface area contributed by atoms with Crippen molar-refractivity contribution in [3.8, 4) is 5.75 Å². The van der Waals surface area contributed by atoms with Gasteiger partial charge in [-0.15, -0.1) is 0 Å². The maximum absolute atomic E-state index is 12.3. The molecule has 1 atom stereocenters. The second-order valence-corrected chi connectivity index (χ2v) is 5.67. The summed E-state index contributed by atoms with van der Waals surface area (Å²) in [6.45, 7) is 1.73. The second kappa shape index (κ2) is 6.71. The molecule has 4 heteroatoms. The molecule has 0 aromatic heterocycles. The van der Waals surface area contributed by atoms with Crippen LogP contribution >= 0.6 is 11.6 Å². The summed E-state index contributed by atoms with van der Waals surface area (Å²) in [5, 5.41) is 5.51. The maximum atomic E-state index is 12.3. The first kappa shape index (κ1) is 15.4. The van der Waals surface area contributed by atoms with Crippen LogP contribution in [0.4, 0.5) is 5.69 Å². The van der Waals surface area contributed by atoms with E-state index < -0.39 is 6.10 Å². The minimum atomic E-state index is -0.614. The summed E-state index contributed by atoms with van der Waals surface area (Å²) in [5.74, 6) is 0.488. The molecule has 0 bridgehead atoms. The average molecular weight is 326 g/mol. The van der Waals surface area contributed by atoms with Crippen LogP contribution in [0.3, 0.4) is 0 Å². The molecule has 0 aliphatic carbocycles. The molecule has 0 aliphatic rings. The zero-order chi connectivity index (χ0) is 16.2. The third-order valence-electron chi connectivity index (χ3n) is 3.53. The number of hydrogen-bond acceptors (Lipinski definition) is 2. The van der Waals surface area contributed by atoms with Gasteiger partial charge in [-0.3, -0.25) is 4.79 Å². The summed E-state index contributed by atoms with van der Waals surface area (Å²) < 4.78 is 5.85. The van der Waals surface area contributed by atoms with Gasteiger partial charge in [-0.05, 0) is 42.6 Å². The Morgan fingerprint density at radius 3 is 2.48 bits per heavy atom. The third kappa shape index (κ3) is 3.63. The first-order valence-corrected chi connectivity index (χ1v) is 7.72. The van der Waals surface area contributed by atoms with Crippen LogP contribution in [0.2, 0.25) is 5.02 Å². The number of halogens is 1. The summed E-state index contributed by atoms with van der Waals surface area (Å²) >= 11 is 5.84. The highest BCUT2D eigenvalue weighted by atomic mass is 35.5. The van der Waals surface area contributed by atoms with Gasteiger partial charge in [0.1, 0.15) is 5.75 Å². The number of ether oxygens (including phenoxy) is 1. The molecule has 0 heterocycles. The number of hydrogen-bond donors (Lipinski definition) is 1. The van der Waals surface area contributed by atoms with E-state index in [0.717, 1.165) is 10.8 Å². The fraction of sp³-hybridized carbons (Fsp3) is 0.105. The Hall–Kier alpha value is -2.52.